The number of benzene rings is 3. The van der Waals surface area contributed by atoms with Crippen LogP contribution in [0.3, 0.4) is 0 Å². The summed E-state index contributed by atoms with van der Waals surface area (Å²) in [5.74, 6) is -2.26. The molecular weight excluding hydrogens is 577 g/mol. The summed E-state index contributed by atoms with van der Waals surface area (Å²) in [7, 11) is 0. The summed E-state index contributed by atoms with van der Waals surface area (Å²) in [6.45, 7) is 2.01. The Kier molecular flexibility index (Phi) is 8.06. The Balaban J connectivity index is 1.56. The Morgan fingerprint density at radius 3 is 2.52 bits per heavy atom. The summed E-state index contributed by atoms with van der Waals surface area (Å²) in [5.41, 5.74) is 1.34. The smallest absolute Gasteiger partial charge is 0.301 e. The molecule has 12 heteroatoms. The molecule has 4 aromatic rings. The molecule has 1 fully saturated rings. The molecule has 1 unspecified atom stereocenters. The van der Waals surface area contributed by atoms with Crippen molar-refractivity contribution in [3.8, 4) is 11.5 Å². The number of hydrogen-bond acceptors (Lipinski definition) is 9. The summed E-state index contributed by atoms with van der Waals surface area (Å²) in [6.07, 6.45) is 0. The highest BCUT2D eigenvalue weighted by molar-refractivity contribution is 8.00. The van der Waals surface area contributed by atoms with E-state index in [-0.39, 0.29) is 34.4 Å². The molecule has 1 atom stereocenters. The van der Waals surface area contributed by atoms with Crippen molar-refractivity contribution in [2.24, 2.45) is 0 Å². The zero-order valence-corrected chi connectivity index (χ0v) is 23.3. The van der Waals surface area contributed by atoms with E-state index in [1.165, 1.54) is 47.0 Å². The van der Waals surface area contributed by atoms with Crippen LogP contribution in [0.25, 0.3) is 5.76 Å². The molecule has 3 aromatic carbocycles. The minimum atomic E-state index is -1.12. The topological polar surface area (TPSA) is 113 Å². The average molecular weight is 598 g/mol. The number of hydrogen-bond donors (Lipinski definition) is 2. The van der Waals surface area contributed by atoms with Crippen molar-refractivity contribution in [3.05, 3.63) is 99.8 Å². The largest absolute Gasteiger partial charge is 0.507 e. The third-order valence-corrected chi connectivity index (χ3v) is 8.42. The van der Waals surface area contributed by atoms with Gasteiger partial charge in [0.2, 0.25) is 5.13 Å². The van der Waals surface area contributed by atoms with Crippen LogP contribution in [-0.2, 0) is 15.3 Å². The molecule has 1 aliphatic heterocycles. The fourth-order valence-corrected chi connectivity index (χ4v) is 6.11. The summed E-state index contributed by atoms with van der Waals surface area (Å²) in [4.78, 5) is 27.9. The Morgan fingerprint density at radius 2 is 1.82 bits per heavy atom. The van der Waals surface area contributed by atoms with E-state index < -0.39 is 29.3 Å². The van der Waals surface area contributed by atoms with Crippen molar-refractivity contribution in [3.63, 3.8) is 0 Å². The summed E-state index contributed by atoms with van der Waals surface area (Å²) < 4.78 is 19.6. The molecular formula is C28H21ClFN3O5S2. The lowest BCUT2D eigenvalue weighted by atomic mass is 9.95. The molecule has 204 valence electrons. The number of anilines is 1. The van der Waals surface area contributed by atoms with Gasteiger partial charge in [-0.2, -0.15) is 0 Å². The van der Waals surface area contributed by atoms with Gasteiger partial charge in [-0.05, 0) is 66.6 Å². The van der Waals surface area contributed by atoms with Crippen LogP contribution in [-0.4, -0.2) is 38.7 Å². The maximum absolute atomic E-state index is 13.6. The molecule has 0 saturated carbocycles. The second-order valence-electron chi connectivity index (χ2n) is 8.60. The predicted molar refractivity (Wildman–Crippen MR) is 151 cm³/mol. The van der Waals surface area contributed by atoms with Gasteiger partial charge in [0, 0.05) is 16.3 Å². The van der Waals surface area contributed by atoms with Gasteiger partial charge in [-0.15, -0.1) is 10.2 Å². The second kappa shape index (κ2) is 11.7. The summed E-state index contributed by atoms with van der Waals surface area (Å²) >= 11 is 8.48. The molecule has 0 aliphatic carbocycles. The van der Waals surface area contributed by atoms with Crippen molar-refractivity contribution in [2.45, 2.75) is 23.1 Å². The van der Waals surface area contributed by atoms with Gasteiger partial charge in [0.05, 0.1) is 18.2 Å². The SMILES string of the molecule is CCOc1cc(C2/C(=C(/O)c3ccc(F)cc3)C(=O)C(=O)N2c2nnc(SCc3ccc(Cl)cc3)s2)ccc1O. The first-order valence-electron chi connectivity index (χ1n) is 12.0. The van der Waals surface area contributed by atoms with Crippen molar-refractivity contribution >= 4 is 57.3 Å². The van der Waals surface area contributed by atoms with E-state index in [0.717, 1.165) is 29.0 Å². The summed E-state index contributed by atoms with van der Waals surface area (Å²) in [5, 5.41) is 30.6. The Labute approximate surface area is 241 Å². The lowest BCUT2D eigenvalue weighted by Gasteiger charge is -2.23. The number of phenolic OH excluding ortho intramolecular Hbond substituents is 1. The van der Waals surface area contributed by atoms with E-state index in [1.54, 1.807) is 19.1 Å². The molecule has 40 heavy (non-hydrogen) atoms. The van der Waals surface area contributed by atoms with Crippen LogP contribution in [0.15, 0.2) is 76.6 Å². The fourth-order valence-electron chi connectivity index (χ4n) is 4.16. The predicted octanol–water partition coefficient (Wildman–Crippen LogP) is 6.35. The molecule has 1 aliphatic rings. The van der Waals surface area contributed by atoms with E-state index >= 15 is 0 Å². The number of aliphatic hydroxyl groups is 1. The Bertz CT molecular complexity index is 1610. The highest BCUT2D eigenvalue weighted by Crippen LogP contribution is 2.45. The van der Waals surface area contributed by atoms with Gasteiger partial charge in [0.15, 0.2) is 15.8 Å². The highest BCUT2D eigenvalue weighted by Gasteiger charge is 2.48. The minimum Gasteiger partial charge on any atom is -0.507 e. The maximum atomic E-state index is 13.6. The van der Waals surface area contributed by atoms with E-state index in [1.807, 2.05) is 12.1 Å². The zero-order chi connectivity index (χ0) is 28.4. The lowest BCUT2D eigenvalue weighted by Crippen LogP contribution is -2.29. The molecule has 0 spiro atoms. The average Bonchev–Trinajstić information content (AvgIpc) is 3.52. The van der Waals surface area contributed by atoms with Crippen LogP contribution in [0.2, 0.25) is 5.02 Å². The van der Waals surface area contributed by atoms with Gasteiger partial charge in [-0.1, -0.05) is 52.9 Å². The van der Waals surface area contributed by atoms with Crippen molar-refractivity contribution in [1.29, 1.82) is 0 Å². The standard InChI is InChI=1S/C28H21ClFN3O5S2/c1-2-38-21-13-17(7-12-20(21)34)23-22(24(35)16-5-10-19(30)11-6-16)25(36)26(37)33(23)27-31-32-28(40-27)39-14-15-3-8-18(29)9-4-15/h3-13,23,34-35H,2,14H2,1H3/b24-22-. The van der Waals surface area contributed by atoms with Crippen LogP contribution in [0, 0.1) is 5.82 Å². The van der Waals surface area contributed by atoms with E-state index in [4.69, 9.17) is 16.3 Å². The fraction of sp³-hybridized carbons (Fsp3) is 0.143. The van der Waals surface area contributed by atoms with Crippen LogP contribution < -0.4 is 9.64 Å². The maximum Gasteiger partial charge on any atom is 0.301 e. The number of aromatic hydroxyl groups is 1. The van der Waals surface area contributed by atoms with Crippen LogP contribution in [0.5, 0.6) is 11.5 Å². The van der Waals surface area contributed by atoms with Crippen LogP contribution in [0.4, 0.5) is 9.52 Å². The molecule has 0 bridgehead atoms. The van der Waals surface area contributed by atoms with E-state index in [0.29, 0.717) is 20.7 Å². The quantitative estimate of drug-likeness (QED) is 0.0794. The first-order chi connectivity index (χ1) is 19.3. The number of phenols is 1. The molecule has 2 heterocycles. The lowest BCUT2D eigenvalue weighted by molar-refractivity contribution is -0.132. The summed E-state index contributed by atoms with van der Waals surface area (Å²) in [6, 6.07) is 15.6. The second-order valence-corrected chi connectivity index (χ2v) is 11.2. The number of ether oxygens (including phenoxy) is 1. The highest BCUT2D eigenvalue weighted by atomic mass is 35.5. The van der Waals surface area contributed by atoms with Gasteiger partial charge in [-0.3, -0.25) is 14.5 Å². The third kappa shape index (κ3) is 5.53. The zero-order valence-electron chi connectivity index (χ0n) is 20.9. The first-order valence-corrected chi connectivity index (χ1v) is 14.2. The van der Waals surface area contributed by atoms with Crippen molar-refractivity contribution < 1.29 is 28.9 Å². The number of nitrogens with zero attached hydrogens (tertiary/aromatic N) is 3. The molecule has 1 saturated heterocycles. The van der Waals surface area contributed by atoms with E-state index in [2.05, 4.69) is 10.2 Å². The Morgan fingerprint density at radius 1 is 1.10 bits per heavy atom. The molecule has 5 rings (SSSR count). The number of amides is 1. The Hall–Kier alpha value is -3.93. The van der Waals surface area contributed by atoms with Gasteiger partial charge < -0.3 is 14.9 Å². The van der Waals surface area contributed by atoms with Crippen LogP contribution in [0.1, 0.15) is 29.7 Å². The van der Waals surface area contributed by atoms with E-state index in [9.17, 15) is 24.2 Å². The number of aromatic nitrogens is 2. The van der Waals surface area contributed by atoms with Gasteiger partial charge in [0.25, 0.3) is 5.78 Å². The normalized spacial score (nSPS) is 16.5. The molecule has 1 amide bonds. The number of rotatable bonds is 8. The number of ketones is 1. The molecule has 0 radical (unpaired) electrons. The first kappa shape index (κ1) is 27.6. The monoisotopic (exact) mass is 597 g/mol. The minimum absolute atomic E-state index is 0.127. The molecule has 2 N–H and O–H groups in total. The number of Topliss-reactive ketones (excluding diaryl/α,β-unsaturated/α-hetero) is 1. The van der Waals surface area contributed by atoms with Gasteiger partial charge >= 0.3 is 5.91 Å². The number of carbonyl (C=O) groups is 2. The number of halogens is 2. The third-order valence-electron chi connectivity index (χ3n) is 6.04. The molecule has 1 aromatic heterocycles. The number of thioether (sulfide) groups is 1. The van der Waals surface area contributed by atoms with Gasteiger partial charge in [-0.25, -0.2) is 4.39 Å². The van der Waals surface area contributed by atoms with Crippen LogP contribution >= 0.6 is 34.7 Å². The number of aliphatic hydroxyl groups excluding tert-OH is 1. The molecule has 8 nitrogen and oxygen atoms in total. The number of carbonyl (C=O) groups excluding carboxylic acids is 2. The van der Waals surface area contributed by atoms with Gasteiger partial charge in [0.1, 0.15) is 11.6 Å². The van der Waals surface area contributed by atoms with Crippen molar-refractivity contribution in [2.75, 3.05) is 11.5 Å². The van der Waals surface area contributed by atoms with Crippen molar-refractivity contribution in [1.82, 2.24) is 10.2 Å².